The second kappa shape index (κ2) is 5.93. The number of alkyl halides is 3. The molecular formula is C12H20F3N3S. The van der Waals surface area contributed by atoms with Gasteiger partial charge in [-0.2, -0.15) is 13.2 Å². The molecule has 2 atom stereocenters. The first-order chi connectivity index (χ1) is 8.88. The van der Waals surface area contributed by atoms with Gasteiger partial charge in [-0.15, -0.1) is 0 Å². The molecular weight excluding hydrogens is 275 g/mol. The molecule has 0 amide bonds. The Balaban J connectivity index is 1.98. The Labute approximate surface area is 116 Å². The summed E-state index contributed by atoms with van der Waals surface area (Å²) in [6, 6.07) is 0.405. The molecule has 2 fully saturated rings. The van der Waals surface area contributed by atoms with Crippen molar-refractivity contribution in [3.8, 4) is 0 Å². The maximum Gasteiger partial charge on any atom is 0.399 e. The van der Waals surface area contributed by atoms with E-state index in [1.54, 1.807) is 0 Å². The van der Waals surface area contributed by atoms with Crippen LogP contribution in [0.4, 0.5) is 13.2 Å². The second-order valence-corrected chi connectivity index (χ2v) is 5.91. The molecule has 2 rings (SSSR count). The van der Waals surface area contributed by atoms with Gasteiger partial charge in [-0.25, -0.2) is 0 Å². The highest BCUT2D eigenvalue weighted by Crippen LogP contribution is 2.29. The lowest BCUT2D eigenvalue weighted by Gasteiger charge is -2.29. The maximum atomic E-state index is 12.9. The molecule has 0 spiro atoms. The van der Waals surface area contributed by atoms with E-state index >= 15 is 0 Å². The van der Waals surface area contributed by atoms with E-state index in [1.165, 1.54) is 0 Å². The molecule has 0 radical (unpaired) electrons. The minimum Gasteiger partial charge on any atom is -0.393 e. The van der Waals surface area contributed by atoms with Gasteiger partial charge in [0.25, 0.3) is 0 Å². The Kier molecular flexibility index (Phi) is 4.68. The molecule has 0 saturated carbocycles. The van der Waals surface area contributed by atoms with Gasteiger partial charge in [0.2, 0.25) is 0 Å². The van der Waals surface area contributed by atoms with Crippen molar-refractivity contribution in [2.45, 2.75) is 31.5 Å². The van der Waals surface area contributed by atoms with Crippen LogP contribution in [0.5, 0.6) is 0 Å². The molecule has 2 unspecified atom stereocenters. The first kappa shape index (κ1) is 15.0. The molecule has 7 heteroatoms. The number of nitrogens with zero attached hydrogens (tertiary/aromatic N) is 2. The van der Waals surface area contributed by atoms with Gasteiger partial charge in [0.05, 0.1) is 4.99 Å². The van der Waals surface area contributed by atoms with E-state index in [-0.39, 0.29) is 6.54 Å². The fourth-order valence-corrected chi connectivity index (χ4v) is 3.27. The van der Waals surface area contributed by atoms with Gasteiger partial charge in [0.1, 0.15) is 5.92 Å². The summed E-state index contributed by atoms with van der Waals surface area (Å²) in [4.78, 5) is 3.83. The monoisotopic (exact) mass is 295 g/mol. The molecule has 0 aromatic heterocycles. The molecule has 19 heavy (non-hydrogen) atoms. The van der Waals surface area contributed by atoms with E-state index in [9.17, 15) is 13.2 Å². The van der Waals surface area contributed by atoms with Crippen LogP contribution in [0.3, 0.4) is 0 Å². The third kappa shape index (κ3) is 3.79. The molecule has 2 heterocycles. The Morgan fingerprint density at radius 3 is 2.58 bits per heavy atom. The predicted molar refractivity (Wildman–Crippen MR) is 72.0 cm³/mol. The number of fused-ring (bicyclic) bond motifs is 1. The maximum absolute atomic E-state index is 12.9. The zero-order valence-electron chi connectivity index (χ0n) is 10.8. The van der Waals surface area contributed by atoms with Crippen LogP contribution < -0.4 is 5.73 Å². The number of thiocarbonyl (C=S) groups is 1. The first-order valence-electron chi connectivity index (χ1n) is 6.70. The molecule has 2 N–H and O–H groups in total. The van der Waals surface area contributed by atoms with Gasteiger partial charge in [0.15, 0.2) is 0 Å². The third-order valence-corrected chi connectivity index (χ3v) is 4.35. The zero-order valence-corrected chi connectivity index (χ0v) is 11.6. The van der Waals surface area contributed by atoms with Crippen LogP contribution in [-0.2, 0) is 0 Å². The Hall–Kier alpha value is -0.400. The summed E-state index contributed by atoms with van der Waals surface area (Å²) in [5, 5.41) is 0. The van der Waals surface area contributed by atoms with E-state index in [0.29, 0.717) is 19.1 Å². The van der Waals surface area contributed by atoms with E-state index in [1.807, 2.05) is 4.90 Å². The first-order valence-corrected chi connectivity index (χ1v) is 7.11. The molecule has 2 saturated heterocycles. The van der Waals surface area contributed by atoms with Crippen LogP contribution in [-0.4, -0.2) is 59.7 Å². The Morgan fingerprint density at radius 1 is 1.26 bits per heavy atom. The Morgan fingerprint density at radius 2 is 1.95 bits per heavy atom. The minimum absolute atomic E-state index is 0.0941. The molecule has 2 aliphatic heterocycles. The van der Waals surface area contributed by atoms with E-state index in [4.69, 9.17) is 5.73 Å². The van der Waals surface area contributed by atoms with E-state index in [0.717, 1.165) is 32.4 Å². The van der Waals surface area contributed by atoms with Crippen molar-refractivity contribution >= 4 is 17.2 Å². The third-order valence-electron chi connectivity index (χ3n) is 4.07. The summed E-state index contributed by atoms with van der Waals surface area (Å²) in [5.41, 5.74) is 5.26. The Bertz CT molecular complexity index is 335. The number of rotatable bonds is 3. The summed E-state index contributed by atoms with van der Waals surface area (Å²) in [7, 11) is 0. The van der Waals surface area contributed by atoms with Gasteiger partial charge in [0, 0.05) is 19.1 Å². The lowest BCUT2D eigenvalue weighted by molar-refractivity contribution is -0.159. The van der Waals surface area contributed by atoms with Gasteiger partial charge >= 0.3 is 6.18 Å². The van der Waals surface area contributed by atoms with Gasteiger partial charge in [-0.3, -0.25) is 4.90 Å². The van der Waals surface area contributed by atoms with Crippen LogP contribution in [0.25, 0.3) is 0 Å². The van der Waals surface area contributed by atoms with Crippen molar-refractivity contribution in [3.63, 3.8) is 0 Å². The van der Waals surface area contributed by atoms with Gasteiger partial charge < -0.3 is 10.6 Å². The van der Waals surface area contributed by atoms with Crippen molar-refractivity contribution < 1.29 is 13.2 Å². The average molecular weight is 295 g/mol. The quantitative estimate of drug-likeness (QED) is 0.802. The number of hydrogen-bond donors (Lipinski definition) is 1. The standard InChI is InChI=1S/C12H20F3N3S/c13-12(14,15)10(11(16)19)8-17-4-2-6-18-5-1-3-9(18)7-17/h9-10H,1-8H2,(H2,16,19). The van der Waals surface area contributed by atoms with E-state index < -0.39 is 17.1 Å². The SMILES string of the molecule is NC(=S)C(CN1CCCN2CCCC2C1)C(F)(F)F. The molecule has 0 bridgehead atoms. The highest BCUT2D eigenvalue weighted by molar-refractivity contribution is 7.80. The molecule has 0 aromatic rings. The second-order valence-electron chi connectivity index (χ2n) is 5.44. The number of nitrogens with two attached hydrogens (primary N) is 1. The van der Waals surface area contributed by atoms with Crippen molar-refractivity contribution in [1.82, 2.24) is 9.80 Å². The number of halogens is 3. The van der Waals surface area contributed by atoms with Gasteiger partial charge in [-0.05, 0) is 38.9 Å². The van der Waals surface area contributed by atoms with Crippen LogP contribution in [0, 0.1) is 5.92 Å². The fourth-order valence-electron chi connectivity index (χ4n) is 3.06. The lowest BCUT2D eigenvalue weighted by atomic mass is 10.1. The van der Waals surface area contributed by atoms with Gasteiger partial charge in [-0.1, -0.05) is 12.2 Å². The van der Waals surface area contributed by atoms with Crippen molar-refractivity contribution in [2.24, 2.45) is 11.7 Å². The summed E-state index contributed by atoms with van der Waals surface area (Å²) in [6.07, 6.45) is -1.19. The molecule has 2 aliphatic rings. The number of hydrogen-bond acceptors (Lipinski definition) is 3. The average Bonchev–Trinajstić information content (AvgIpc) is 2.62. The lowest BCUT2D eigenvalue weighted by Crippen LogP contribution is -2.45. The molecule has 3 nitrogen and oxygen atoms in total. The zero-order chi connectivity index (χ0) is 14.0. The van der Waals surface area contributed by atoms with Crippen molar-refractivity contribution in [1.29, 1.82) is 0 Å². The van der Waals surface area contributed by atoms with Crippen LogP contribution >= 0.6 is 12.2 Å². The smallest absolute Gasteiger partial charge is 0.393 e. The van der Waals surface area contributed by atoms with Crippen molar-refractivity contribution in [3.05, 3.63) is 0 Å². The van der Waals surface area contributed by atoms with E-state index in [2.05, 4.69) is 17.1 Å². The minimum atomic E-state index is -4.34. The summed E-state index contributed by atoms with van der Waals surface area (Å²) in [5.74, 6) is -1.68. The van der Waals surface area contributed by atoms with Crippen LogP contribution in [0.15, 0.2) is 0 Å². The summed E-state index contributed by atoms with van der Waals surface area (Å²) < 4.78 is 38.7. The highest BCUT2D eigenvalue weighted by atomic mass is 32.1. The summed E-state index contributed by atoms with van der Waals surface area (Å²) >= 11 is 4.58. The molecule has 0 aliphatic carbocycles. The van der Waals surface area contributed by atoms with Crippen molar-refractivity contribution in [2.75, 3.05) is 32.7 Å². The molecule has 0 aromatic carbocycles. The summed E-state index contributed by atoms with van der Waals surface area (Å²) in [6.45, 7) is 3.38. The topological polar surface area (TPSA) is 32.5 Å². The van der Waals surface area contributed by atoms with Crippen LogP contribution in [0.1, 0.15) is 19.3 Å². The normalized spacial score (nSPS) is 27.8. The fraction of sp³-hybridized carbons (Fsp3) is 0.917. The highest BCUT2D eigenvalue weighted by Gasteiger charge is 2.43. The largest absolute Gasteiger partial charge is 0.399 e. The van der Waals surface area contributed by atoms with Crippen LogP contribution in [0.2, 0.25) is 0 Å². The predicted octanol–water partition coefficient (Wildman–Crippen LogP) is 1.62. The molecule has 110 valence electrons.